The zero-order valence-corrected chi connectivity index (χ0v) is 12.6. The molecule has 0 aliphatic rings. The third-order valence-corrected chi connectivity index (χ3v) is 3.03. The van der Waals surface area contributed by atoms with Crippen LogP contribution in [0.15, 0.2) is 28.7 Å². The minimum atomic E-state index is -4.70. The molecule has 1 heterocycles. The number of rotatable bonds is 2. The minimum absolute atomic E-state index is 0.168. The van der Waals surface area contributed by atoms with Crippen molar-refractivity contribution >= 4 is 27.5 Å². The van der Waals surface area contributed by atoms with E-state index in [0.717, 1.165) is 6.07 Å². The number of aromatic nitrogens is 2. The molecule has 1 aromatic carbocycles. The summed E-state index contributed by atoms with van der Waals surface area (Å²) in [6.45, 7) is 1.23. The topological polar surface area (TPSA) is 54.9 Å². The maximum atomic E-state index is 13.6. The van der Waals surface area contributed by atoms with Gasteiger partial charge >= 0.3 is 6.18 Å². The molecule has 0 saturated carbocycles. The van der Waals surface area contributed by atoms with Crippen LogP contribution in [0.4, 0.5) is 23.2 Å². The Morgan fingerprint density at radius 1 is 1.23 bits per heavy atom. The van der Waals surface area contributed by atoms with Crippen LogP contribution in [0.5, 0.6) is 0 Å². The molecule has 0 aliphatic heterocycles. The predicted octanol–water partition coefficient (Wildman–Crippen LogP) is 3.96. The largest absolute Gasteiger partial charge is 0.433 e. The van der Waals surface area contributed by atoms with E-state index in [2.05, 4.69) is 31.2 Å². The second-order valence-corrected chi connectivity index (χ2v) is 5.18. The molecule has 0 bridgehead atoms. The summed E-state index contributed by atoms with van der Waals surface area (Å²) in [4.78, 5) is 18.8. The van der Waals surface area contributed by atoms with Gasteiger partial charge in [0.15, 0.2) is 0 Å². The average molecular weight is 378 g/mol. The first-order valence-corrected chi connectivity index (χ1v) is 6.65. The van der Waals surface area contributed by atoms with Crippen LogP contribution in [0.3, 0.4) is 0 Å². The molecule has 0 saturated heterocycles. The van der Waals surface area contributed by atoms with E-state index in [1.807, 2.05) is 0 Å². The van der Waals surface area contributed by atoms with Gasteiger partial charge in [-0.1, -0.05) is 15.9 Å². The van der Waals surface area contributed by atoms with E-state index < -0.39 is 29.3 Å². The van der Waals surface area contributed by atoms with Crippen LogP contribution in [-0.2, 0) is 6.18 Å². The van der Waals surface area contributed by atoms with Crippen LogP contribution in [0, 0.1) is 12.7 Å². The van der Waals surface area contributed by atoms with Crippen molar-refractivity contribution < 1.29 is 22.4 Å². The summed E-state index contributed by atoms with van der Waals surface area (Å²) in [5.74, 6) is -1.90. The Bertz CT molecular complexity index is 734. The van der Waals surface area contributed by atoms with Gasteiger partial charge in [0.1, 0.15) is 23.0 Å². The fourth-order valence-electron chi connectivity index (χ4n) is 1.61. The number of benzene rings is 1. The molecule has 1 aromatic heterocycles. The number of nitrogens with one attached hydrogen (secondary N) is 1. The first kappa shape index (κ1) is 16.3. The maximum absolute atomic E-state index is 13.6. The quantitative estimate of drug-likeness (QED) is 0.806. The molecular weight excluding hydrogens is 370 g/mol. The number of amides is 1. The van der Waals surface area contributed by atoms with Gasteiger partial charge < -0.3 is 5.32 Å². The van der Waals surface area contributed by atoms with Crippen LogP contribution < -0.4 is 5.32 Å². The van der Waals surface area contributed by atoms with Gasteiger partial charge in [-0.25, -0.2) is 14.4 Å². The fraction of sp³-hybridized carbons (Fsp3) is 0.154. The summed E-state index contributed by atoms with van der Waals surface area (Å²) >= 11 is 3.05. The Morgan fingerprint density at radius 2 is 1.91 bits per heavy atom. The summed E-state index contributed by atoms with van der Waals surface area (Å²) in [5.41, 5.74) is -1.90. The van der Waals surface area contributed by atoms with Crippen molar-refractivity contribution in [2.45, 2.75) is 13.1 Å². The summed E-state index contributed by atoms with van der Waals surface area (Å²) in [6, 6.07) is 4.38. The summed E-state index contributed by atoms with van der Waals surface area (Å²) < 4.78 is 52.1. The second kappa shape index (κ2) is 5.99. The van der Waals surface area contributed by atoms with Gasteiger partial charge in [0.25, 0.3) is 5.91 Å². The van der Waals surface area contributed by atoms with Crippen molar-refractivity contribution in [3.63, 3.8) is 0 Å². The number of hydrogen-bond donors (Lipinski definition) is 1. The highest BCUT2D eigenvalue weighted by Crippen LogP contribution is 2.28. The highest BCUT2D eigenvalue weighted by atomic mass is 79.9. The molecule has 0 aliphatic carbocycles. The summed E-state index contributed by atoms with van der Waals surface area (Å²) in [6.07, 6.45) is -4.70. The van der Waals surface area contributed by atoms with Gasteiger partial charge in [-0.2, -0.15) is 13.2 Å². The summed E-state index contributed by atoms with van der Waals surface area (Å²) in [5, 5.41) is 2.17. The van der Waals surface area contributed by atoms with Gasteiger partial charge in [0.05, 0.1) is 5.69 Å². The number of alkyl halides is 3. The summed E-state index contributed by atoms with van der Waals surface area (Å²) in [7, 11) is 0. The van der Waals surface area contributed by atoms with Gasteiger partial charge in [0.2, 0.25) is 0 Å². The van der Waals surface area contributed by atoms with E-state index in [1.54, 1.807) is 0 Å². The smallest absolute Gasteiger partial charge is 0.318 e. The lowest BCUT2D eigenvalue weighted by atomic mass is 10.2. The third kappa shape index (κ3) is 3.79. The number of nitrogens with zero attached hydrogens (tertiary/aromatic N) is 2. The van der Waals surface area contributed by atoms with Crippen molar-refractivity contribution in [2.75, 3.05) is 5.32 Å². The number of halogens is 5. The molecule has 2 aromatic rings. The number of hydrogen-bond acceptors (Lipinski definition) is 3. The normalized spacial score (nSPS) is 11.4. The second-order valence-electron chi connectivity index (χ2n) is 4.26. The van der Waals surface area contributed by atoms with E-state index >= 15 is 0 Å². The van der Waals surface area contributed by atoms with Gasteiger partial charge in [-0.15, -0.1) is 0 Å². The van der Waals surface area contributed by atoms with E-state index in [-0.39, 0.29) is 11.5 Å². The molecule has 1 N–H and O–H groups in total. The molecular formula is C13H8BrF4N3O. The Hall–Kier alpha value is -2.03. The van der Waals surface area contributed by atoms with Crippen molar-refractivity contribution in [1.82, 2.24) is 9.97 Å². The van der Waals surface area contributed by atoms with Gasteiger partial charge in [-0.05, 0) is 25.1 Å². The molecule has 4 nitrogen and oxygen atoms in total. The maximum Gasteiger partial charge on any atom is 0.433 e. The fourth-order valence-corrected chi connectivity index (χ4v) is 1.94. The van der Waals surface area contributed by atoms with Crippen molar-refractivity contribution in [3.05, 3.63) is 51.8 Å². The zero-order valence-electron chi connectivity index (χ0n) is 11.0. The molecule has 22 heavy (non-hydrogen) atoms. The monoisotopic (exact) mass is 377 g/mol. The average Bonchev–Trinajstić information content (AvgIpc) is 2.40. The zero-order chi connectivity index (χ0) is 16.5. The first-order chi connectivity index (χ1) is 10.2. The Labute approximate surface area is 130 Å². The number of anilines is 1. The standard InChI is InChI=1S/C13H8BrF4N3O/c1-6-19-10(5-11(20-6)13(16,17)18)12(22)21-9-3-2-7(14)4-8(9)15/h2-5H,1H3,(H,21,22). The van der Waals surface area contributed by atoms with E-state index in [9.17, 15) is 22.4 Å². The molecule has 0 fully saturated rings. The van der Waals surface area contributed by atoms with Crippen LogP contribution in [-0.4, -0.2) is 15.9 Å². The van der Waals surface area contributed by atoms with Gasteiger partial charge in [0, 0.05) is 10.5 Å². The molecule has 9 heteroatoms. The van der Waals surface area contributed by atoms with Crippen molar-refractivity contribution in [2.24, 2.45) is 0 Å². The molecule has 2 rings (SSSR count). The Morgan fingerprint density at radius 3 is 2.50 bits per heavy atom. The van der Waals surface area contributed by atoms with Crippen LogP contribution in [0.25, 0.3) is 0 Å². The van der Waals surface area contributed by atoms with E-state index in [1.165, 1.54) is 19.1 Å². The Balaban J connectivity index is 2.32. The van der Waals surface area contributed by atoms with Crippen LogP contribution >= 0.6 is 15.9 Å². The highest BCUT2D eigenvalue weighted by molar-refractivity contribution is 9.10. The van der Waals surface area contributed by atoms with Crippen LogP contribution in [0.2, 0.25) is 0 Å². The van der Waals surface area contributed by atoms with E-state index in [0.29, 0.717) is 10.5 Å². The SMILES string of the molecule is Cc1nc(C(=O)Nc2ccc(Br)cc2F)cc(C(F)(F)F)n1. The Kier molecular flexibility index (Phi) is 4.45. The van der Waals surface area contributed by atoms with Gasteiger partial charge in [-0.3, -0.25) is 4.79 Å². The minimum Gasteiger partial charge on any atom is -0.318 e. The van der Waals surface area contributed by atoms with Crippen LogP contribution in [0.1, 0.15) is 22.0 Å². The lowest BCUT2D eigenvalue weighted by Crippen LogP contribution is -2.18. The first-order valence-electron chi connectivity index (χ1n) is 5.86. The molecule has 1 amide bonds. The number of carbonyl (C=O) groups is 1. The van der Waals surface area contributed by atoms with Crippen molar-refractivity contribution in [3.8, 4) is 0 Å². The molecule has 0 unspecified atom stereocenters. The molecule has 0 spiro atoms. The van der Waals surface area contributed by atoms with Crippen molar-refractivity contribution in [1.29, 1.82) is 0 Å². The third-order valence-electron chi connectivity index (χ3n) is 2.54. The number of aryl methyl sites for hydroxylation is 1. The lowest BCUT2D eigenvalue weighted by Gasteiger charge is -2.10. The number of carbonyl (C=O) groups excluding carboxylic acids is 1. The van der Waals surface area contributed by atoms with E-state index in [4.69, 9.17) is 0 Å². The predicted molar refractivity (Wildman–Crippen MR) is 73.8 cm³/mol. The lowest BCUT2D eigenvalue weighted by molar-refractivity contribution is -0.141. The highest BCUT2D eigenvalue weighted by Gasteiger charge is 2.34. The molecule has 0 radical (unpaired) electrons. The molecule has 116 valence electrons. The molecule has 0 atom stereocenters.